The Balaban J connectivity index is 1.22. The number of benzene rings is 3. The van der Waals surface area contributed by atoms with Crippen molar-refractivity contribution >= 4 is 57.3 Å². The van der Waals surface area contributed by atoms with Gasteiger partial charge < -0.3 is 38.4 Å². The summed E-state index contributed by atoms with van der Waals surface area (Å²) in [4.78, 5) is 69.4. The zero-order valence-corrected chi connectivity index (χ0v) is 45.0. The summed E-state index contributed by atoms with van der Waals surface area (Å²) in [6.07, 6.45) is -0.693. The summed E-state index contributed by atoms with van der Waals surface area (Å²) >= 11 is 0. The Morgan fingerprint density at radius 3 is 1.81 bits per heavy atom. The second-order valence-electron chi connectivity index (χ2n) is 21.1. The highest BCUT2D eigenvalue weighted by Crippen LogP contribution is 2.44. The highest BCUT2D eigenvalue weighted by molar-refractivity contribution is 6.74. The number of aliphatic carboxylic acids is 1. The van der Waals surface area contributed by atoms with Gasteiger partial charge in [0.05, 0.1) is 39.3 Å². The number of ether oxygens (including phenoxy) is 1. The normalized spacial score (nSPS) is 13.0. The number of hydrogen-bond acceptors (Lipinski definition) is 9. The van der Waals surface area contributed by atoms with Crippen molar-refractivity contribution < 1.29 is 42.7 Å². The summed E-state index contributed by atoms with van der Waals surface area (Å²) in [5.74, 6) is -2.34. The average molecular weight is 985 g/mol. The molecule has 3 aromatic carbocycles. The van der Waals surface area contributed by atoms with Gasteiger partial charge in [-0.25, -0.2) is 14.8 Å². The maximum absolute atomic E-state index is 13.9. The van der Waals surface area contributed by atoms with E-state index >= 15 is 0 Å². The lowest BCUT2D eigenvalue weighted by Crippen LogP contribution is -2.50. The molecule has 376 valence electrons. The van der Waals surface area contributed by atoms with E-state index in [0.29, 0.717) is 13.1 Å². The van der Waals surface area contributed by atoms with Crippen molar-refractivity contribution in [2.45, 2.75) is 110 Å². The molecule has 0 saturated heterocycles. The lowest BCUT2D eigenvalue weighted by atomic mass is 9.98. The fraction of sp³-hybridized carbons (Fsp3) is 0.519. The Kier molecular flexibility index (Phi) is 18.2. The van der Waals surface area contributed by atoms with E-state index in [1.165, 1.54) is 14.8 Å². The molecule has 5 rings (SSSR count). The van der Waals surface area contributed by atoms with Gasteiger partial charge in [0.1, 0.15) is 6.61 Å². The van der Waals surface area contributed by atoms with Gasteiger partial charge >= 0.3 is 12.1 Å². The van der Waals surface area contributed by atoms with Gasteiger partial charge in [-0.2, -0.15) is 0 Å². The summed E-state index contributed by atoms with van der Waals surface area (Å²) in [7, 11) is -0.876. The Bertz CT molecular complexity index is 2400. The number of carbonyl (C=O) groups excluding carboxylic acids is 4. The number of rotatable bonds is 23. The first kappa shape index (κ1) is 54.6. The number of nitrogens with one attached hydrogen (secondary N) is 1. The average Bonchev–Trinajstić information content (AvgIpc) is 3.80. The first-order chi connectivity index (χ1) is 32.3. The summed E-state index contributed by atoms with van der Waals surface area (Å²) < 4.78 is 20.7. The van der Waals surface area contributed by atoms with E-state index in [1.807, 2.05) is 66.2 Å². The topological polar surface area (TPSA) is 163 Å². The van der Waals surface area contributed by atoms with Gasteiger partial charge in [0.15, 0.2) is 16.6 Å². The van der Waals surface area contributed by atoms with Gasteiger partial charge in [-0.05, 0) is 76.0 Å². The molecule has 17 heteroatoms. The van der Waals surface area contributed by atoms with Crippen LogP contribution in [0.3, 0.4) is 0 Å². The predicted molar refractivity (Wildman–Crippen MR) is 276 cm³/mol. The van der Waals surface area contributed by atoms with Crippen LogP contribution in [0.1, 0.15) is 77.1 Å². The molecule has 1 aliphatic rings. The molecule has 0 bridgehead atoms. The molecule has 4 aromatic rings. The Labute approximate surface area is 411 Å². The molecule has 0 aliphatic heterocycles. The molecule has 15 nitrogen and oxygen atoms in total. The summed E-state index contributed by atoms with van der Waals surface area (Å²) in [5, 5.41) is 16.4. The highest BCUT2D eigenvalue weighted by Gasteiger charge is 2.39. The Morgan fingerprint density at radius 2 is 1.25 bits per heavy atom. The third-order valence-corrected chi connectivity index (χ3v) is 23.4. The van der Waals surface area contributed by atoms with Crippen molar-refractivity contribution in [1.29, 1.82) is 0 Å². The van der Waals surface area contributed by atoms with Crippen LogP contribution in [0.15, 0.2) is 78.9 Å². The number of amides is 4. The molecular weight excluding hydrogens is 909 g/mol. The fourth-order valence-corrected chi connectivity index (χ4v) is 9.89. The van der Waals surface area contributed by atoms with Crippen LogP contribution in [-0.2, 0) is 45.9 Å². The summed E-state index contributed by atoms with van der Waals surface area (Å²) in [6, 6.07) is 26.3. The molecule has 4 amide bonds. The molecule has 0 saturated carbocycles. The first-order valence-corrected chi connectivity index (χ1v) is 29.8. The largest absolute Gasteiger partial charge is 0.481 e. The number of hydrazine groups is 1. The number of carbonyl (C=O) groups is 5. The van der Waals surface area contributed by atoms with Crippen molar-refractivity contribution in [3.05, 3.63) is 95.7 Å². The van der Waals surface area contributed by atoms with Crippen LogP contribution in [0.25, 0.3) is 22.0 Å². The second kappa shape index (κ2) is 23.1. The zero-order valence-electron chi connectivity index (χ0n) is 43.0. The molecule has 2 N–H and O–H groups in total. The molecule has 1 aliphatic carbocycles. The van der Waals surface area contributed by atoms with Gasteiger partial charge in [-0.1, -0.05) is 108 Å². The van der Waals surface area contributed by atoms with Crippen molar-refractivity contribution in [2.75, 3.05) is 66.6 Å². The van der Waals surface area contributed by atoms with Gasteiger partial charge in [-0.3, -0.25) is 19.2 Å². The van der Waals surface area contributed by atoms with E-state index in [0.717, 1.165) is 38.9 Å². The molecule has 1 heterocycles. The minimum atomic E-state index is -2.21. The summed E-state index contributed by atoms with van der Waals surface area (Å²) in [5.41, 5.74) is 6.37. The number of para-hydroxylation sites is 1. The molecule has 69 heavy (non-hydrogen) atoms. The molecule has 0 atom stereocenters. The van der Waals surface area contributed by atoms with Crippen LogP contribution in [-0.4, -0.2) is 143 Å². The Hall–Kier alpha value is -5.34. The minimum Gasteiger partial charge on any atom is -0.481 e. The maximum Gasteiger partial charge on any atom is 0.424 e. The molecule has 0 spiro atoms. The van der Waals surface area contributed by atoms with E-state index in [2.05, 4.69) is 97.3 Å². The predicted octanol–water partition coefficient (Wildman–Crippen LogP) is 8.55. The molecule has 0 fully saturated rings. The van der Waals surface area contributed by atoms with Gasteiger partial charge in [0, 0.05) is 63.8 Å². The summed E-state index contributed by atoms with van der Waals surface area (Å²) in [6.45, 7) is 22.0. The fourth-order valence-electron chi connectivity index (χ4n) is 7.82. The number of fused-ring (bicyclic) bond motifs is 4. The number of carboxylic acids is 1. The SMILES string of the molecule is CN(Cc1cc2ccccc2n1CCC(=O)NCC(=O)N(CCO[Si](C)(C)C(C)(C)C)CC(=O)N(CCO[Si](C)(C)C(C)(C)C)CCC(=O)O)N(C)C(=O)OCC1c2ccccc2-c2ccccc21. The van der Waals surface area contributed by atoms with Crippen LogP contribution in [0.4, 0.5) is 4.79 Å². The Morgan fingerprint density at radius 1 is 0.710 bits per heavy atom. The highest BCUT2D eigenvalue weighted by atomic mass is 28.4. The zero-order chi connectivity index (χ0) is 50.9. The van der Waals surface area contributed by atoms with Crippen LogP contribution in [0.2, 0.25) is 36.3 Å². The van der Waals surface area contributed by atoms with Gasteiger partial charge in [-0.15, -0.1) is 0 Å². The molecule has 1 aromatic heterocycles. The lowest BCUT2D eigenvalue weighted by molar-refractivity contribution is -0.142. The van der Waals surface area contributed by atoms with Crippen LogP contribution < -0.4 is 5.32 Å². The van der Waals surface area contributed by atoms with E-state index in [-0.39, 0.29) is 87.3 Å². The first-order valence-electron chi connectivity index (χ1n) is 24.0. The standard InChI is InChI=1S/C52H76N6O9Si2/c1-51(2,3)68(9,10)66-31-29-56(27-26-49(62)63)48(61)36-57(30-32-67-69(11,12)52(4,5)6)47(60)34-53-46(59)25-28-58-39(33-38-19-13-18-24-45(38)58)35-54(7)55(8)50(64)65-37-44-42-22-16-14-20-40(42)41-21-15-17-23-43(41)44/h13-24,33,44H,25-32,34-37H2,1-12H3,(H,53,59)(H,62,63). The number of aryl methyl sites for hydroxylation is 1. The second-order valence-corrected chi connectivity index (χ2v) is 30.7. The molecular formula is C52H76N6O9Si2. The van der Waals surface area contributed by atoms with Crippen molar-refractivity contribution in [1.82, 2.24) is 29.7 Å². The van der Waals surface area contributed by atoms with Gasteiger partial charge in [0.25, 0.3) is 0 Å². The van der Waals surface area contributed by atoms with Crippen LogP contribution in [0.5, 0.6) is 0 Å². The maximum atomic E-state index is 13.9. The minimum absolute atomic E-state index is 0.0359. The smallest absolute Gasteiger partial charge is 0.424 e. The van der Waals surface area contributed by atoms with E-state index in [4.69, 9.17) is 13.6 Å². The third kappa shape index (κ3) is 14.1. The van der Waals surface area contributed by atoms with E-state index in [1.54, 1.807) is 12.1 Å². The monoisotopic (exact) mass is 985 g/mol. The number of hydrogen-bond donors (Lipinski definition) is 2. The van der Waals surface area contributed by atoms with Gasteiger partial charge in [0.2, 0.25) is 17.7 Å². The quantitative estimate of drug-likeness (QED) is 0.0544. The van der Waals surface area contributed by atoms with Crippen molar-refractivity contribution in [3.8, 4) is 11.1 Å². The molecule has 0 radical (unpaired) electrons. The lowest BCUT2D eigenvalue weighted by Gasteiger charge is -2.37. The van der Waals surface area contributed by atoms with Crippen LogP contribution in [0, 0.1) is 0 Å². The number of aromatic nitrogens is 1. The van der Waals surface area contributed by atoms with Crippen molar-refractivity contribution in [3.63, 3.8) is 0 Å². The number of carboxylic acid groups (broad SMARTS) is 1. The number of nitrogens with zero attached hydrogens (tertiary/aromatic N) is 5. The van der Waals surface area contributed by atoms with E-state index in [9.17, 15) is 29.1 Å². The van der Waals surface area contributed by atoms with Crippen LogP contribution >= 0.6 is 0 Å². The third-order valence-electron chi connectivity index (χ3n) is 14.3. The van der Waals surface area contributed by atoms with E-state index < -0.39 is 40.5 Å². The molecule has 0 unspecified atom stereocenters. The van der Waals surface area contributed by atoms with Crippen molar-refractivity contribution in [2.24, 2.45) is 0 Å².